The highest BCUT2D eigenvalue weighted by Crippen LogP contribution is 2.27. The summed E-state index contributed by atoms with van der Waals surface area (Å²) in [5.41, 5.74) is 1.93. The van der Waals surface area contributed by atoms with E-state index >= 15 is 0 Å². The first-order valence-corrected chi connectivity index (χ1v) is 12.1. The summed E-state index contributed by atoms with van der Waals surface area (Å²) in [4.78, 5) is 26.8. The van der Waals surface area contributed by atoms with Crippen molar-refractivity contribution in [2.75, 3.05) is 25.2 Å². The fraction of sp³-hybridized carbons (Fsp3) is 0.360. The van der Waals surface area contributed by atoms with Gasteiger partial charge in [-0.25, -0.2) is 4.39 Å². The maximum absolute atomic E-state index is 13.5. The maximum atomic E-state index is 13.5. The number of anilines is 1. The maximum Gasteiger partial charge on any atom is 0.224 e. The van der Waals surface area contributed by atoms with Crippen molar-refractivity contribution in [2.45, 2.75) is 38.4 Å². The summed E-state index contributed by atoms with van der Waals surface area (Å²) >= 11 is 1.28. The lowest BCUT2D eigenvalue weighted by Crippen LogP contribution is -2.20. The molecule has 0 spiro atoms. The van der Waals surface area contributed by atoms with E-state index in [1.54, 1.807) is 36.4 Å². The van der Waals surface area contributed by atoms with Gasteiger partial charge < -0.3 is 5.32 Å². The van der Waals surface area contributed by atoms with E-state index in [4.69, 9.17) is 0 Å². The molecule has 3 aromatic rings. The molecule has 1 atom stereocenters. The van der Waals surface area contributed by atoms with Crippen LogP contribution in [0.25, 0.3) is 5.69 Å². The van der Waals surface area contributed by atoms with Crippen LogP contribution in [0.2, 0.25) is 0 Å². The summed E-state index contributed by atoms with van der Waals surface area (Å²) in [5.74, 6) is 0.694. The highest BCUT2D eigenvalue weighted by molar-refractivity contribution is 7.99. The summed E-state index contributed by atoms with van der Waals surface area (Å²) in [5, 5.41) is 12.1. The molecule has 0 saturated heterocycles. The van der Waals surface area contributed by atoms with Crippen LogP contribution in [-0.4, -0.2) is 51.2 Å². The van der Waals surface area contributed by atoms with E-state index in [0.717, 1.165) is 5.69 Å². The molecule has 1 heterocycles. The zero-order valence-electron chi connectivity index (χ0n) is 20.1. The van der Waals surface area contributed by atoms with Crippen LogP contribution >= 0.6 is 11.8 Å². The van der Waals surface area contributed by atoms with Gasteiger partial charge in [0.25, 0.3) is 0 Å². The van der Waals surface area contributed by atoms with Crippen molar-refractivity contribution in [1.82, 2.24) is 19.7 Å². The van der Waals surface area contributed by atoms with Crippen molar-refractivity contribution in [3.63, 3.8) is 0 Å². The molecule has 7 nitrogen and oxygen atoms in total. The number of amides is 1. The van der Waals surface area contributed by atoms with Crippen LogP contribution in [0.15, 0.2) is 53.7 Å². The van der Waals surface area contributed by atoms with E-state index in [0.29, 0.717) is 28.7 Å². The van der Waals surface area contributed by atoms with E-state index < -0.39 is 0 Å². The number of nitrogens with zero attached hydrogens (tertiary/aromatic N) is 4. The third-order valence-corrected chi connectivity index (χ3v) is 6.24. The Labute approximate surface area is 203 Å². The number of ketones is 1. The Hall–Kier alpha value is -3.04. The number of benzene rings is 2. The molecule has 2 aromatic carbocycles. The first kappa shape index (κ1) is 25.6. The molecule has 0 aliphatic rings. The lowest BCUT2D eigenvalue weighted by atomic mass is 10.1. The lowest BCUT2D eigenvalue weighted by molar-refractivity contribution is -0.116. The molecule has 9 heteroatoms. The highest BCUT2D eigenvalue weighted by Gasteiger charge is 2.22. The number of carbonyl (C=O) groups excluding carboxylic acids is 2. The second kappa shape index (κ2) is 11.4. The van der Waals surface area contributed by atoms with Crippen LogP contribution < -0.4 is 5.32 Å². The predicted molar refractivity (Wildman–Crippen MR) is 133 cm³/mol. The number of nitrogens with one attached hydrogen (secondary N) is 1. The van der Waals surface area contributed by atoms with Crippen LogP contribution in [0.1, 0.15) is 49.4 Å². The average molecular weight is 484 g/mol. The van der Waals surface area contributed by atoms with E-state index in [2.05, 4.69) is 15.5 Å². The summed E-state index contributed by atoms with van der Waals surface area (Å²) in [7, 11) is 3.89. The summed E-state index contributed by atoms with van der Waals surface area (Å²) < 4.78 is 15.3. The van der Waals surface area contributed by atoms with Gasteiger partial charge in [-0.15, -0.1) is 10.2 Å². The van der Waals surface area contributed by atoms with Gasteiger partial charge in [-0.05, 0) is 75.5 Å². The van der Waals surface area contributed by atoms with Gasteiger partial charge in [0.15, 0.2) is 16.8 Å². The predicted octanol–water partition coefficient (Wildman–Crippen LogP) is 4.99. The van der Waals surface area contributed by atoms with Gasteiger partial charge in [0.2, 0.25) is 5.91 Å². The molecule has 0 aliphatic carbocycles. The van der Waals surface area contributed by atoms with Gasteiger partial charge in [-0.2, -0.15) is 0 Å². The molecule has 1 amide bonds. The van der Waals surface area contributed by atoms with Gasteiger partial charge in [-0.3, -0.25) is 19.1 Å². The Kier molecular flexibility index (Phi) is 8.57. The molecule has 1 unspecified atom stereocenters. The number of hydrogen-bond donors (Lipinski definition) is 1. The van der Waals surface area contributed by atoms with Gasteiger partial charge in [0.05, 0.1) is 11.8 Å². The van der Waals surface area contributed by atoms with Crippen LogP contribution in [0.4, 0.5) is 10.1 Å². The van der Waals surface area contributed by atoms with E-state index in [1.807, 2.05) is 44.3 Å². The molecular formula is C25H30FN5O2S. The normalized spacial score (nSPS) is 12.2. The number of halogens is 1. The molecule has 0 aliphatic heterocycles. The van der Waals surface area contributed by atoms with Crippen LogP contribution in [-0.2, 0) is 4.79 Å². The monoisotopic (exact) mass is 483 g/mol. The number of Topliss-reactive ketones (excluding diaryl/α,β-unsaturated/α-hetero) is 1. The van der Waals surface area contributed by atoms with Crippen molar-refractivity contribution in [2.24, 2.45) is 5.92 Å². The minimum absolute atomic E-state index is 0.0407. The Bertz CT molecular complexity index is 1130. The number of rotatable bonds is 10. The molecule has 0 bridgehead atoms. The fourth-order valence-electron chi connectivity index (χ4n) is 3.24. The topological polar surface area (TPSA) is 80.1 Å². The Morgan fingerprint density at radius 2 is 1.68 bits per heavy atom. The smallest absolute Gasteiger partial charge is 0.224 e. The second-order valence-corrected chi connectivity index (χ2v) is 9.67. The van der Waals surface area contributed by atoms with Gasteiger partial charge in [0.1, 0.15) is 5.82 Å². The summed E-state index contributed by atoms with van der Waals surface area (Å²) in [6, 6.07) is 13.0. The molecular weight excluding hydrogens is 453 g/mol. The van der Waals surface area contributed by atoms with E-state index in [1.165, 1.54) is 23.9 Å². The minimum atomic E-state index is -0.327. The molecule has 180 valence electrons. The summed E-state index contributed by atoms with van der Waals surface area (Å²) in [6.45, 7) is 5.98. The first-order valence-electron chi connectivity index (χ1n) is 11.1. The minimum Gasteiger partial charge on any atom is -0.326 e. The van der Waals surface area contributed by atoms with Crippen molar-refractivity contribution >= 4 is 29.1 Å². The Morgan fingerprint density at radius 1 is 1.03 bits per heavy atom. The second-order valence-electron chi connectivity index (χ2n) is 8.73. The van der Waals surface area contributed by atoms with Gasteiger partial charge >= 0.3 is 0 Å². The number of aromatic nitrogens is 3. The SMILES string of the molecule is CC(C)CC(=O)Nc1ccc(C(=O)CSc2nnc(C(C)N(C)C)n2-c2ccc(F)cc2)cc1. The Balaban J connectivity index is 1.74. The van der Waals surface area contributed by atoms with Crippen molar-refractivity contribution in [1.29, 1.82) is 0 Å². The molecule has 1 aromatic heterocycles. The third-order valence-electron chi connectivity index (χ3n) is 5.31. The first-order chi connectivity index (χ1) is 16.2. The van der Waals surface area contributed by atoms with Crippen molar-refractivity contribution in [3.05, 3.63) is 65.7 Å². The molecule has 0 radical (unpaired) electrons. The van der Waals surface area contributed by atoms with E-state index in [9.17, 15) is 14.0 Å². The number of carbonyl (C=O) groups is 2. The molecule has 0 fully saturated rings. The number of hydrogen-bond acceptors (Lipinski definition) is 6. The fourth-order valence-corrected chi connectivity index (χ4v) is 4.10. The average Bonchev–Trinajstić information content (AvgIpc) is 3.21. The van der Waals surface area contributed by atoms with Crippen LogP contribution in [0, 0.1) is 11.7 Å². The summed E-state index contributed by atoms with van der Waals surface area (Å²) in [6.07, 6.45) is 0.445. The van der Waals surface area contributed by atoms with Gasteiger partial charge in [-0.1, -0.05) is 25.6 Å². The molecule has 1 N–H and O–H groups in total. The zero-order valence-corrected chi connectivity index (χ0v) is 20.9. The molecule has 34 heavy (non-hydrogen) atoms. The Morgan fingerprint density at radius 3 is 2.26 bits per heavy atom. The van der Waals surface area contributed by atoms with E-state index in [-0.39, 0.29) is 35.2 Å². The quantitative estimate of drug-likeness (QED) is 0.323. The number of thioether (sulfide) groups is 1. The molecule has 0 saturated carbocycles. The molecule has 3 rings (SSSR count). The van der Waals surface area contributed by atoms with Crippen molar-refractivity contribution in [3.8, 4) is 5.69 Å². The standard InChI is InChI=1S/C25H30FN5O2S/c1-16(2)14-23(33)27-20-10-6-18(7-11-20)22(32)15-34-25-29-28-24(17(3)30(4)5)31(25)21-12-8-19(26)9-13-21/h6-13,16-17H,14-15H2,1-5H3,(H,27,33). The third kappa shape index (κ3) is 6.51. The van der Waals surface area contributed by atoms with Crippen LogP contribution in [0.3, 0.4) is 0 Å². The lowest BCUT2D eigenvalue weighted by Gasteiger charge is -2.20. The zero-order chi connectivity index (χ0) is 24.8. The van der Waals surface area contributed by atoms with Gasteiger partial charge in [0, 0.05) is 23.4 Å². The largest absolute Gasteiger partial charge is 0.326 e. The highest BCUT2D eigenvalue weighted by atomic mass is 32.2. The van der Waals surface area contributed by atoms with Crippen LogP contribution in [0.5, 0.6) is 0 Å². The van der Waals surface area contributed by atoms with Crippen molar-refractivity contribution < 1.29 is 14.0 Å².